The lowest BCUT2D eigenvalue weighted by atomic mass is 9.32. The van der Waals surface area contributed by atoms with Gasteiger partial charge in [-0.25, -0.2) is 0 Å². The minimum Gasteiger partial charge on any atom is -0.481 e. The number of rotatable bonds is 4. The van der Waals surface area contributed by atoms with Gasteiger partial charge in [0.15, 0.2) is 0 Å². The summed E-state index contributed by atoms with van der Waals surface area (Å²) in [5.41, 5.74) is -0.428. The molecule has 5 fully saturated rings. The van der Waals surface area contributed by atoms with E-state index in [0.29, 0.717) is 31.1 Å². The largest absolute Gasteiger partial charge is 0.481 e. The molecule has 0 aliphatic heterocycles. The Kier molecular flexibility index (Phi) is 5.74. The van der Waals surface area contributed by atoms with Gasteiger partial charge in [-0.3, -0.25) is 9.59 Å². The van der Waals surface area contributed by atoms with Crippen molar-refractivity contribution < 1.29 is 24.9 Å². The van der Waals surface area contributed by atoms with Crippen molar-refractivity contribution in [2.75, 3.05) is 13.2 Å². The third kappa shape index (κ3) is 2.94. The molecule has 0 aromatic heterocycles. The van der Waals surface area contributed by atoms with Crippen LogP contribution in [0.5, 0.6) is 0 Å². The molecule has 0 amide bonds. The van der Waals surface area contributed by atoms with E-state index in [-0.39, 0.29) is 53.0 Å². The normalized spacial score (nSPS) is 53.2. The number of carbonyl (C=O) groups is 2. The quantitative estimate of drug-likeness (QED) is 0.472. The van der Waals surface area contributed by atoms with Gasteiger partial charge < -0.3 is 15.3 Å². The van der Waals surface area contributed by atoms with Gasteiger partial charge in [0.25, 0.3) is 0 Å². The summed E-state index contributed by atoms with van der Waals surface area (Å²) in [7, 11) is 0. The summed E-state index contributed by atoms with van der Waals surface area (Å²) in [4.78, 5) is 25.8. The van der Waals surface area contributed by atoms with Crippen LogP contribution in [0.4, 0.5) is 0 Å². The molecule has 10 unspecified atom stereocenters. The Hall–Kier alpha value is -1.20. The smallest absolute Gasteiger partial charge is 0.309 e. The number of aliphatic carboxylic acids is 1. The predicted octanol–water partition coefficient (Wildman–Crippen LogP) is 5.24. The first-order valence-corrected chi connectivity index (χ1v) is 14.0. The number of hydrogen-bond donors (Lipinski definition) is 3. The van der Waals surface area contributed by atoms with Crippen molar-refractivity contribution in [3.8, 4) is 0 Å². The first-order chi connectivity index (χ1) is 16.4. The number of aliphatic hydroxyl groups excluding tert-OH is 2. The second-order valence-electron chi connectivity index (χ2n) is 14.1. The van der Waals surface area contributed by atoms with E-state index in [1.54, 1.807) is 0 Å². The summed E-state index contributed by atoms with van der Waals surface area (Å²) in [6, 6.07) is 0. The van der Waals surface area contributed by atoms with E-state index in [4.69, 9.17) is 0 Å². The lowest BCUT2D eigenvalue weighted by Crippen LogP contribution is -2.67. The number of hydrogen-bond acceptors (Lipinski definition) is 4. The number of carboxylic acids is 1. The number of carbonyl (C=O) groups excluding carboxylic acids is 1. The standard InChI is InChI=1S/C30H46O5/c1-18(16-31)19-8-13-30(25(34)35)15-14-28(4)20(24(19)30)6-7-22-26(2)11-10-23(33)27(3,17-32)21(26)9-12-29(22,28)5/h19-22,24,31-32H,1,6-17H2,2-5H3,(H,34,35). The summed E-state index contributed by atoms with van der Waals surface area (Å²) >= 11 is 0. The highest BCUT2D eigenvalue weighted by atomic mass is 16.4. The van der Waals surface area contributed by atoms with E-state index >= 15 is 0 Å². The average Bonchev–Trinajstić information content (AvgIpc) is 3.23. The Morgan fingerprint density at radius 3 is 2.26 bits per heavy atom. The fourth-order valence-corrected chi connectivity index (χ4v) is 11.4. The minimum atomic E-state index is -0.691. The first-order valence-electron chi connectivity index (χ1n) is 14.0. The van der Waals surface area contributed by atoms with Crippen LogP contribution in [0.2, 0.25) is 0 Å². The molecule has 196 valence electrons. The van der Waals surface area contributed by atoms with Crippen LogP contribution in [0.15, 0.2) is 12.2 Å². The molecule has 0 saturated heterocycles. The average molecular weight is 487 g/mol. The van der Waals surface area contributed by atoms with Gasteiger partial charge in [-0.05, 0) is 109 Å². The Balaban J connectivity index is 1.57. The lowest BCUT2D eigenvalue weighted by molar-refractivity contribution is -0.238. The zero-order valence-electron chi connectivity index (χ0n) is 22.2. The maximum Gasteiger partial charge on any atom is 0.309 e. The number of ketones is 1. The molecule has 5 nitrogen and oxygen atoms in total. The van der Waals surface area contributed by atoms with Gasteiger partial charge in [-0.15, -0.1) is 0 Å². The van der Waals surface area contributed by atoms with Crippen LogP contribution in [-0.2, 0) is 9.59 Å². The summed E-state index contributed by atoms with van der Waals surface area (Å²) in [5.74, 6) is 0.673. The Labute approximate surface area is 210 Å². The number of carboxylic acid groups (broad SMARTS) is 1. The van der Waals surface area contributed by atoms with E-state index < -0.39 is 16.8 Å². The van der Waals surface area contributed by atoms with Gasteiger partial charge in [-0.2, -0.15) is 0 Å². The van der Waals surface area contributed by atoms with Crippen LogP contribution in [0.1, 0.15) is 91.9 Å². The molecular formula is C30H46O5. The molecule has 0 bridgehead atoms. The van der Waals surface area contributed by atoms with E-state index in [1.165, 1.54) is 0 Å². The molecule has 5 aliphatic rings. The zero-order valence-corrected chi connectivity index (χ0v) is 22.2. The minimum absolute atomic E-state index is 0.0114. The van der Waals surface area contributed by atoms with Gasteiger partial charge in [0.2, 0.25) is 0 Å². The lowest BCUT2D eigenvalue weighted by Gasteiger charge is -2.72. The molecule has 0 radical (unpaired) electrons. The van der Waals surface area contributed by atoms with Crippen molar-refractivity contribution in [3.05, 3.63) is 12.2 Å². The molecule has 10 atom stereocenters. The van der Waals surface area contributed by atoms with Crippen molar-refractivity contribution in [2.45, 2.75) is 91.9 Å². The topological polar surface area (TPSA) is 94.8 Å². The second-order valence-corrected chi connectivity index (χ2v) is 14.1. The van der Waals surface area contributed by atoms with Crippen LogP contribution in [0.3, 0.4) is 0 Å². The van der Waals surface area contributed by atoms with Gasteiger partial charge in [0, 0.05) is 6.42 Å². The van der Waals surface area contributed by atoms with Crippen molar-refractivity contribution in [1.29, 1.82) is 0 Å². The molecule has 3 N–H and O–H groups in total. The fraction of sp³-hybridized carbons (Fsp3) is 0.867. The second kappa shape index (κ2) is 7.90. The van der Waals surface area contributed by atoms with Crippen LogP contribution in [0.25, 0.3) is 0 Å². The molecule has 5 rings (SSSR count). The number of fused-ring (bicyclic) bond motifs is 7. The van der Waals surface area contributed by atoms with Gasteiger partial charge >= 0.3 is 5.97 Å². The highest BCUT2D eigenvalue weighted by Crippen LogP contribution is 2.77. The first kappa shape index (κ1) is 25.4. The predicted molar refractivity (Wildman–Crippen MR) is 134 cm³/mol. The van der Waals surface area contributed by atoms with Gasteiger partial charge in [0.05, 0.1) is 24.0 Å². The highest BCUT2D eigenvalue weighted by molar-refractivity contribution is 5.86. The van der Waals surface area contributed by atoms with Gasteiger partial charge in [-0.1, -0.05) is 34.3 Å². The number of Topliss-reactive ketones (excluding diaryl/α,β-unsaturated/α-hetero) is 1. The van der Waals surface area contributed by atoms with Crippen molar-refractivity contribution in [3.63, 3.8) is 0 Å². The summed E-state index contributed by atoms with van der Waals surface area (Å²) in [5, 5.41) is 30.8. The van der Waals surface area contributed by atoms with Crippen LogP contribution < -0.4 is 0 Å². The van der Waals surface area contributed by atoms with Crippen LogP contribution in [0, 0.1) is 56.7 Å². The maximum atomic E-state index is 13.0. The Bertz CT molecular complexity index is 943. The summed E-state index contributed by atoms with van der Waals surface area (Å²) in [6.07, 6.45) is 8.68. The van der Waals surface area contributed by atoms with Crippen LogP contribution in [-0.4, -0.2) is 40.3 Å². The Morgan fingerprint density at radius 2 is 1.63 bits per heavy atom. The molecule has 5 aliphatic carbocycles. The van der Waals surface area contributed by atoms with Crippen LogP contribution >= 0.6 is 0 Å². The fourth-order valence-electron chi connectivity index (χ4n) is 11.4. The van der Waals surface area contributed by atoms with Crippen molar-refractivity contribution >= 4 is 11.8 Å². The zero-order chi connectivity index (χ0) is 25.6. The molecule has 5 heteroatoms. The summed E-state index contributed by atoms with van der Waals surface area (Å²) in [6.45, 7) is 13.4. The summed E-state index contributed by atoms with van der Waals surface area (Å²) < 4.78 is 0. The van der Waals surface area contributed by atoms with Crippen molar-refractivity contribution in [2.24, 2.45) is 56.7 Å². The van der Waals surface area contributed by atoms with Gasteiger partial charge in [0.1, 0.15) is 5.78 Å². The molecule has 0 heterocycles. The third-order valence-electron chi connectivity index (χ3n) is 13.5. The van der Waals surface area contributed by atoms with E-state index in [9.17, 15) is 24.9 Å². The molecule has 0 spiro atoms. The molecule has 35 heavy (non-hydrogen) atoms. The Morgan fingerprint density at radius 1 is 0.914 bits per heavy atom. The monoisotopic (exact) mass is 486 g/mol. The number of aliphatic hydroxyl groups is 2. The molecule has 0 aromatic carbocycles. The maximum absolute atomic E-state index is 13.0. The SMILES string of the molecule is C=C(CO)C1CCC2(C(=O)O)CCC3(C)C(CCC4C5(C)CCC(=O)C(C)(CO)C5CCC43C)C12. The van der Waals surface area contributed by atoms with E-state index in [1.807, 2.05) is 6.92 Å². The third-order valence-corrected chi connectivity index (χ3v) is 13.5. The van der Waals surface area contributed by atoms with Crippen molar-refractivity contribution in [1.82, 2.24) is 0 Å². The molecular weight excluding hydrogens is 440 g/mol. The highest BCUT2D eigenvalue weighted by Gasteiger charge is 2.72. The van der Waals surface area contributed by atoms with E-state index in [0.717, 1.165) is 50.5 Å². The molecule has 5 saturated carbocycles. The molecule has 0 aromatic rings. The van der Waals surface area contributed by atoms with E-state index in [2.05, 4.69) is 27.4 Å².